The van der Waals surface area contributed by atoms with Crippen LogP contribution in [0.5, 0.6) is 5.75 Å². The van der Waals surface area contributed by atoms with E-state index in [2.05, 4.69) is 0 Å². The van der Waals surface area contributed by atoms with Gasteiger partial charge < -0.3 is 10.5 Å². The first-order valence-electron chi connectivity index (χ1n) is 6.17. The van der Waals surface area contributed by atoms with E-state index >= 15 is 0 Å². The third kappa shape index (κ3) is 1.93. The van der Waals surface area contributed by atoms with Gasteiger partial charge in [-0.3, -0.25) is 0 Å². The summed E-state index contributed by atoms with van der Waals surface area (Å²) >= 11 is 0. The summed E-state index contributed by atoms with van der Waals surface area (Å²) in [6.07, 6.45) is 2.82. The molecule has 2 N–H and O–H groups in total. The molecule has 0 spiro atoms. The molecule has 94 valence electrons. The maximum absolute atomic E-state index is 13.7. The Hall–Kier alpha value is -1.09. The number of benzene rings is 1. The van der Waals surface area contributed by atoms with Gasteiger partial charge in [-0.1, -0.05) is 6.92 Å². The van der Waals surface area contributed by atoms with Crippen LogP contribution in [0.25, 0.3) is 0 Å². The summed E-state index contributed by atoms with van der Waals surface area (Å²) < 4.78 is 19.0. The predicted octanol–water partition coefficient (Wildman–Crippen LogP) is 2.78. The van der Waals surface area contributed by atoms with Crippen LogP contribution in [-0.2, 0) is 11.8 Å². The zero-order valence-electron chi connectivity index (χ0n) is 10.7. The molecule has 0 radical (unpaired) electrons. The highest BCUT2D eigenvalue weighted by molar-refractivity contribution is 5.47. The van der Waals surface area contributed by atoms with E-state index < -0.39 is 0 Å². The zero-order chi connectivity index (χ0) is 12.6. The van der Waals surface area contributed by atoms with Crippen molar-refractivity contribution < 1.29 is 9.13 Å². The molecule has 1 aliphatic rings. The molecule has 0 saturated heterocycles. The smallest absolute Gasteiger partial charge is 0.130 e. The molecule has 0 bridgehead atoms. The lowest BCUT2D eigenvalue weighted by molar-refractivity contribution is 0.394. The topological polar surface area (TPSA) is 35.2 Å². The quantitative estimate of drug-likeness (QED) is 0.874. The van der Waals surface area contributed by atoms with Crippen LogP contribution in [0, 0.1) is 5.82 Å². The second-order valence-corrected chi connectivity index (χ2v) is 4.94. The minimum Gasteiger partial charge on any atom is -0.496 e. The number of halogens is 1. The molecule has 2 rings (SSSR count). The second kappa shape index (κ2) is 4.30. The third-order valence-corrected chi connectivity index (χ3v) is 3.95. The van der Waals surface area contributed by atoms with Gasteiger partial charge in [-0.2, -0.15) is 0 Å². The Morgan fingerprint density at radius 3 is 2.53 bits per heavy atom. The summed E-state index contributed by atoms with van der Waals surface area (Å²) in [6, 6.07) is 3.51. The third-order valence-electron chi connectivity index (χ3n) is 3.95. The average Bonchev–Trinajstić information content (AvgIpc) is 3.09. The summed E-state index contributed by atoms with van der Waals surface area (Å²) in [5.41, 5.74) is 7.89. The molecule has 17 heavy (non-hydrogen) atoms. The molecule has 1 unspecified atom stereocenters. The van der Waals surface area contributed by atoms with Crippen molar-refractivity contribution in [3.05, 3.63) is 29.1 Å². The summed E-state index contributed by atoms with van der Waals surface area (Å²) in [6.45, 7) is 3.97. The Labute approximate surface area is 102 Å². The first-order chi connectivity index (χ1) is 8.05. The van der Waals surface area contributed by atoms with E-state index in [1.165, 1.54) is 6.07 Å². The predicted molar refractivity (Wildman–Crippen MR) is 66.9 cm³/mol. The molecule has 0 aliphatic heterocycles. The summed E-state index contributed by atoms with van der Waals surface area (Å²) in [5, 5.41) is 0. The molecule has 0 aromatic heterocycles. The molecule has 1 atom stereocenters. The molecule has 3 heteroatoms. The highest BCUT2D eigenvalue weighted by Crippen LogP contribution is 2.53. The van der Waals surface area contributed by atoms with Gasteiger partial charge in [-0.05, 0) is 37.8 Å². The van der Waals surface area contributed by atoms with Crippen LogP contribution in [0.15, 0.2) is 12.1 Å². The maximum atomic E-state index is 13.7. The number of aryl methyl sites for hydroxylation is 1. The lowest BCUT2D eigenvalue weighted by Gasteiger charge is -2.23. The average molecular weight is 237 g/mol. The van der Waals surface area contributed by atoms with E-state index in [4.69, 9.17) is 10.5 Å². The van der Waals surface area contributed by atoms with Crippen molar-refractivity contribution in [1.82, 2.24) is 0 Å². The van der Waals surface area contributed by atoms with Gasteiger partial charge >= 0.3 is 0 Å². The fourth-order valence-electron chi connectivity index (χ4n) is 2.53. The van der Waals surface area contributed by atoms with E-state index in [0.717, 1.165) is 24.0 Å². The molecule has 1 aromatic rings. The monoisotopic (exact) mass is 237 g/mol. The van der Waals surface area contributed by atoms with Crippen molar-refractivity contribution in [3.8, 4) is 5.75 Å². The minimum absolute atomic E-state index is 0.00294. The number of hydrogen-bond acceptors (Lipinski definition) is 2. The van der Waals surface area contributed by atoms with Crippen LogP contribution in [0.2, 0.25) is 0 Å². The molecular weight excluding hydrogens is 217 g/mol. The summed E-state index contributed by atoms with van der Waals surface area (Å²) in [5.74, 6) is 0.447. The normalized spacial score (nSPS) is 18.9. The van der Waals surface area contributed by atoms with Gasteiger partial charge in [0.1, 0.15) is 11.6 Å². The lowest BCUT2D eigenvalue weighted by Crippen LogP contribution is -2.32. The summed E-state index contributed by atoms with van der Waals surface area (Å²) in [7, 11) is 1.58. The van der Waals surface area contributed by atoms with Crippen molar-refractivity contribution in [3.63, 3.8) is 0 Å². The van der Waals surface area contributed by atoms with E-state index in [-0.39, 0.29) is 17.3 Å². The van der Waals surface area contributed by atoms with Gasteiger partial charge in [0.25, 0.3) is 0 Å². The maximum Gasteiger partial charge on any atom is 0.130 e. The van der Waals surface area contributed by atoms with E-state index in [1.54, 1.807) is 7.11 Å². The molecule has 1 aromatic carbocycles. The molecule has 1 aliphatic carbocycles. The van der Waals surface area contributed by atoms with Crippen molar-refractivity contribution in [2.24, 2.45) is 5.73 Å². The lowest BCUT2D eigenvalue weighted by atomic mass is 9.87. The van der Waals surface area contributed by atoms with Gasteiger partial charge in [-0.25, -0.2) is 4.39 Å². The molecule has 0 heterocycles. The number of rotatable bonds is 4. The Kier molecular flexibility index (Phi) is 3.13. The van der Waals surface area contributed by atoms with Gasteiger partial charge in [-0.15, -0.1) is 0 Å². The fraction of sp³-hybridized carbons (Fsp3) is 0.571. The first-order valence-corrected chi connectivity index (χ1v) is 6.17. The first kappa shape index (κ1) is 12.4. The molecule has 1 saturated carbocycles. The zero-order valence-corrected chi connectivity index (χ0v) is 10.7. The Morgan fingerprint density at radius 1 is 1.47 bits per heavy atom. The van der Waals surface area contributed by atoms with E-state index in [0.29, 0.717) is 12.2 Å². The standard InChI is InChI=1S/C14H20FNO/c1-4-10-7-11(13(17-3)8-12(10)15)14(5-6-14)9(2)16/h7-9H,4-6,16H2,1-3H3. The number of methoxy groups -OCH3 is 1. The van der Waals surface area contributed by atoms with Crippen LogP contribution >= 0.6 is 0 Å². The van der Waals surface area contributed by atoms with E-state index in [1.807, 2.05) is 19.9 Å². The Bertz CT molecular complexity index is 424. The van der Waals surface area contributed by atoms with Crippen LogP contribution in [0.1, 0.15) is 37.8 Å². The SMILES string of the molecule is CCc1cc(C2(C(C)N)CC2)c(OC)cc1F. The van der Waals surface area contributed by atoms with Gasteiger partial charge in [0.05, 0.1) is 7.11 Å². The Balaban J connectivity index is 2.52. The van der Waals surface area contributed by atoms with Crippen LogP contribution in [0.4, 0.5) is 4.39 Å². The van der Waals surface area contributed by atoms with Crippen LogP contribution < -0.4 is 10.5 Å². The van der Waals surface area contributed by atoms with Crippen molar-refractivity contribution in [2.75, 3.05) is 7.11 Å². The van der Waals surface area contributed by atoms with Crippen molar-refractivity contribution in [1.29, 1.82) is 0 Å². The van der Waals surface area contributed by atoms with Crippen molar-refractivity contribution in [2.45, 2.75) is 44.6 Å². The fourth-order valence-corrected chi connectivity index (χ4v) is 2.53. The molecule has 0 amide bonds. The Morgan fingerprint density at radius 2 is 2.12 bits per heavy atom. The molecule has 2 nitrogen and oxygen atoms in total. The van der Waals surface area contributed by atoms with Crippen LogP contribution in [0.3, 0.4) is 0 Å². The van der Waals surface area contributed by atoms with Crippen molar-refractivity contribution >= 4 is 0 Å². The van der Waals surface area contributed by atoms with Gasteiger partial charge in [0, 0.05) is 23.1 Å². The minimum atomic E-state index is -0.187. The number of nitrogens with two attached hydrogens (primary N) is 1. The van der Waals surface area contributed by atoms with E-state index in [9.17, 15) is 4.39 Å². The molecular formula is C14H20FNO. The summed E-state index contributed by atoms with van der Waals surface area (Å²) in [4.78, 5) is 0. The van der Waals surface area contributed by atoms with Gasteiger partial charge in [0.2, 0.25) is 0 Å². The van der Waals surface area contributed by atoms with Crippen LogP contribution in [-0.4, -0.2) is 13.2 Å². The largest absolute Gasteiger partial charge is 0.496 e. The highest BCUT2D eigenvalue weighted by Gasteiger charge is 2.49. The number of ether oxygens (including phenoxy) is 1. The second-order valence-electron chi connectivity index (χ2n) is 4.94. The number of hydrogen-bond donors (Lipinski definition) is 1. The van der Waals surface area contributed by atoms with Gasteiger partial charge in [0.15, 0.2) is 0 Å². The highest BCUT2D eigenvalue weighted by atomic mass is 19.1. The molecule has 1 fully saturated rings.